The molecule has 0 unspecified atom stereocenters. The average Bonchev–Trinajstić information content (AvgIpc) is 3.47. The molecule has 1 saturated carbocycles. The molecule has 0 bridgehead atoms. The van der Waals surface area contributed by atoms with E-state index in [9.17, 15) is 4.79 Å². The Morgan fingerprint density at radius 3 is 2.31 bits per heavy atom. The number of benzene rings is 2. The first-order valence-corrected chi connectivity index (χ1v) is 10.5. The number of nitrogens with zero attached hydrogens (tertiary/aromatic N) is 3. The molecule has 0 N–H and O–H groups in total. The van der Waals surface area contributed by atoms with Crippen LogP contribution in [-0.2, 0) is 17.6 Å². The average molecular weight is 389 g/mol. The van der Waals surface area contributed by atoms with Gasteiger partial charge in [0, 0.05) is 31.0 Å². The van der Waals surface area contributed by atoms with E-state index in [1.807, 2.05) is 53.4 Å². The number of hydrogen-bond acceptors (Lipinski definition) is 4. The maximum absolute atomic E-state index is 13.1. The van der Waals surface area contributed by atoms with Crippen LogP contribution in [0.25, 0.3) is 11.4 Å². The molecule has 3 aromatic rings. The third-order valence-electron chi connectivity index (χ3n) is 5.62. The summed E-state index contributed by atoms with van der Waals surface area (Å²) in [7, 11) is 0. The summed E-state index contributed by atoms with van der Waals surface area (Å²) < 4.78 is 5.44. The van der Waals surface area contributed by atoms with Crippen LogP contribution in [-0.4, -0.2) is 34.0 Å². The van der Waals surface area contributed by atoms with Gasteiger partial charge < -0.3 is 9.42 Å². The van der Waals surface area contributed by atoms with Crippen molar-refractivity contribution in [2.75, 3.05) is 13.1 Å². The second-order valence-electron chi connectivity index (χ2n) is 7.67. The quantitative estimate of drug-likeness (QED) is 0.567. The Balaban J connectivity index is 1.40. The van der Waals surface area contributed by atoms with Crippen molar-refractivity contribution in [1.29, 1.82) is 0 Å². The summed E-state index contributed by atoms with van der Waals surface area (Å²) in [5.41, 5.74) is 2.19. The maximum atomic E-state index is 13.1. The van der Waals surface area contributed by atoms with Gasteiger partial charge in [-0.1, -0.05) is 78.7 Å². The van der Waals surface area contributed by atoms with Gasteiger partial charge in [-0.05, 0) is 24.8 Å². The molecule has 0 aliphatic heterocycles. The van der Waals surface area contributed by atoms with Gasteiger partial charge in [-0.2, -0.15) is 4.98 Å². The molecule has 5 nitrogen and oxygen atoms in total. The molecule has 1 aromatic heterocycles. The highest BCUT2D eigenvalue weighted by molar-refractivity contribution is 5.79. The van der Waals surface area contributed by atoms with Gasteiger partial charge in [-0.15, -0.1) is 0 Å². The Kier molecular flexibility index (Phi) is 6.35. The van der Waals surface area contributed by atoms with Gasteiger partial charge in [-0.25, -0.2) is 0 Å². The fourth-order valence-corrected chi connectivity index (χ4v) is 3.96. The van der Waals surface area contributed by atoms with Gasteiger partial charge in [0.25, 0.3) is 0 Å². The zero-order valence-electron chi connectivity index (χ0n) is 16.7. The van der Waals surface area contributed by atoms with Gasteiger partial charge in [0.15, 0.2) is 0 Å². The zero-order chi connectivity index (χ0) is 19.9. The number of amides is 1. The Morgan fingerprint density at radius 1 is 0.931 bits per heavy atom. The summed E-state index contributed by atoms with van der Waals surface area (Å²) in [6.07, 6.45) is 5.78. The third kappa shape index (κ3) is 5.11. The van der Waals surface area contributed by atoms with Crippen LogP contribution in [0.2, 0.25) is 0 Å². The van der Waals surface area contributed by atoms with E-state index in [1.165, 1.54) is 5.56 Å². The highest BCUT2D eigenvalue weighted by atomic mass is 16.5. The van der Waals surface area contributed by atoms with Crippen molar-refractivity contribution in [3.63, 3.8) is 0 Å². The van der Waals surface area contributed by atoms with Crippen LogP contribution in [0.3, 0.4) is 0 Å². The lowest BCUT2D eigenvalue weighted by Crippen LogP contribution is -2.38. The van der Waals surface area contributed by atoms with E-state index in [4.69, 9.17) is 4.52 Å². The number of rotatable bonds is 8. The van der Waals surface area contributed by atoms with E-state index in [-0.39, 0.29) is 11.8 Å². The third-order valence-corrected chi connectivity index (χ3v) is 5.62. The van der Waals surface area contributed by atoms with Crippen molar-refractivity contribution in [3.05, 3.63) is 72.1 Å². The van der Waals surface area contributed by atoms with E-state index in [0.29, 0.717) is 24.7 Å². The molecule has 1 aliphatic rings. The second kappa shape index (κ2) is 9.50. The predicted octanol–water partition coefficient (Wildman–Crippen LogP) is 4.54. The molecule has 1 aliphatic carbocycles. The fraction of sp³-hybridized carbons (Fsp3) is 0.375. The summed E-state index contributed by atoms with van der Waals surface area (Å²) in [5.74, 6) is 1.63. The maximum Gasteiger partial charge on any atom is 0.228 e. The molecule has 1 amide bonds. The summed E-state index contributed by atoms with van der Waals surface area (Å²) in [6, 6.07) is 20.1. The van der Waals surface area contributed by atoms with Crippen molar-refractivity contribution < 1.29 is 9.32 Å². The van der Waals surface area contributed by atoms with Crippen LogP contribution in [0.4, 0.5) is 0 Å². The molecule has 150 valence electrons. The molecule has 4 rings (SSSR count). The normalized spacial score (nSPS) is 14.2. The Hall–Kier alpha value is -2.95. The van der Waals surface area contributed by atoms with Crippen LogP contribution in [0, 0.1) is 5.92 Å². The van der Waals surface area contributed by atoms with E-state index < -0.39 is 0 Å². The van der Waals surface area contributed by atoms with Crippen LogP contribution in [0.1, 0.15) is 37.1 Å². The van der Waals surface area contributed by atoms with Gasteiger partial charge in [0.1, 0.15) is 0 Å². The smallest absolute Gasteiger partial charge is 0.228 e. The molecule has 0 spiro atoms. The number of hydrogen-bond donors (Lipinski definition) is 0. The lowest BCUT2D eigenvalue weighted by Gasteiger charge is -2.25. The van der Waals surface area contributed by atoms with E-state index in [2.05, 4.69) is 22.3 Å². The molecular weight excluding hydrogens is 362 g/mol. The van der Waals surface area contributed by atoms with Crippen LogP contribution in [0.5, 0.6) is 0 Å². The monoisotopic (exact) mass is 389 g/mol. The van der Waals surface area contributed by atoms with Gasteiger partial charge in [-0.3, -0.25) is 4.79 Å². The Labute approximate surface area is 171 Å². The van der Waals surface area contributed by atoms with Crippen molar-refractivity contribution in [2.24, 2.45) is 5.92 Å². The molecule has 1 heterocycles. The van der Waals surface area contributed by atoms with Crippen molar-refractivity contribution >= 4 is 5.91 Å². The minimum Gasteiger partial charge on any atom is -0.342 e. The molecule has 5 heteroatoms. The summed E-state index contributed by atoms with van der Waals surface area (Å²) in [6.45, 7) is 1.33. The lowest BCUT2D eigenvalue weighted by molar-refractivity contribution is -0.135. The van der Waals surface area contributed by atoms with Crippen LogP contribution in [0.15, 0.2) is 65.2 Å². The Bertz CT molecular complexity index is 902. The molecule has 0 saturated heterocycles. The number of carbonyl (C=O) groups excluding carboxylic acids is 1. The largest absolute Gasteiger partial charge is 0.342 e. The second-order valence-corrected chi connectivity index (χ2v) is 7.67. The zero-order valence-corrected chi connectivity index (χ0v) is 16.7. The SMILES string of the molecule is O=C(C1CCCC1)N(CCc1ccccc1)CCc1nc(-c2ccccc2)no1. The minimum absolute atomic E-state index is 0.174. The fourth-order valence-electron chi connectivity index (χ4n) is 3.96. The van der Waals surface area contributed by atoms with E-state index in [0.717, 1.165) is 44.2 Å². The van der Waals surface area contributed by atoms with Crippen molar-refractivity contribution in [1.82, 2.24) is 15.0 Å². The van der Waals surface area contributed by atoms with Crippen molar-refractivity contribution in [2.45, 2.75) is 38.5 Å². The number of aromatic nitrogens is 2. The van der Waals surface area contributed by atoms with Gasteiger partial charge in [0.05, 0.1) is 0 Å². The molecule has 0 radical (unpaired) electrons. The van der Waals surface area contributed by atoms with Gasteiger partial charge in [0.2, 0.25) is 17.6 Å². The topological polar surface area (TPSA) is 59.2 Å². The summed E-state index contributed by atoms with van der Waals surface area (Å²) in [4.78, 5) is 19.6. The highest BCUT2D eigenvalue weighted by Crippen LogP contribution is 2.27. The van der Waals surface area contributed by atoms with Crippen LogP contribution < -0.4 is 0 Å². The number of carbonyl (C=O) groups is 1. The van der Waals surface area contributed by atoms with Crippen LogP contribution >= 0.6 is 0 Å². The minimum atomic E-state index is 0.174. The first-order valence-electron chi connectivity index (χ1n) is 10.5. The highest BCUT2D eigenvalue weighted by Gasteiger charge is 2.27. The molecule has 0 atom stereocenters. The lowest BCUT2D eigenvalue weighted by atomic mass is 10.1. The standard InChI is InChI=1S/C24H27N3O2/c28-24(21-13-7-8-14-21)27(17-15-19-9-3-1-4-10-19)18-16-22-25-23(26-29-22)20-11-5-2-6-12-20/h1-6,9-12,21H,7-8,13-18H2. The first-order chi connectivity index (χ1) is 14.3. The molecular formula is C24H27N3O2. The molecule has 2 aromatic carbocycles. The predicted molar refractivity (Wildman–Crippen MR) is 112 cm³/mol. The van der Waals surface area contributed by atoms with E-state index >= 15 is 0 Å². The van der Waals surface area contributed by atoms with Gasteiger partial charge >= 0.3 is 0 Å². The molecule has 29 heavy (non-hydrogen) atoms. The van der Waals surface area contributed by atoms with E-state index in [1.54, 1.807) is 0 Å². The first kappa shape index (κ1) is 19.4. The summed E-state index contributed by atoms with van der Waals surface area (Å²) in [5, 5.41) is 4.09. The summed E-state index contributed by atoms with van der Waals surface area (Å²) >= 11 is 0. The molecule has 1 fully saturated rings. The van der Waals surface area contributed by atoms with Crippen molar-refractivity contribution in [3.8, 4) is 11.4 Å². The Morgan fingerprint density at radius 2 is 1.59 bits per heavy atom.